The van der Waals surface area contributed by atoms with Crippen molar-refractivity contribution in [3.05, 3.63) is 198 Å². The van der Waals surface area contributed by atoms with Crippen molar-refractivity contribution in [1.82, 2.24) is 0 Å². The van der Waals surface area contributed by atoms with Crippen molar-refractivity contribution >= 4 is 39.0 Å². The van der Waals surface area contributed by atoms with Crippen molar-refractivity contribution in [2.45, 2.75) is 64.7 Å². The molecule has 0 saturated heterocycles. The number of hydrogen-bond acceptors (Lipinski definition) is 2. The molecule has 292 valence electrons. The zero-order chi connectivity index (χ0) is 41.1. The van der Waals surface area contributed by atoms with Gasteiger partial charge < -0.3 is 9.32 Å². The molecule has 0 radical (unpaired) electrons. The Morgan fingerprint density at radius 3 is 1.93 bits per heavy atom. The van der Waals surface area contributed by atoms with Gasteiger partial charge in [0.2, 0.25) is 0 Å². The summed E-state index contributed by atoms with van der Waals surface area (Å²) in [5.41, 5.74) is 22.1. The Bertz CT molecular complexity index is 3190. The van der Waals surface area contributed by atoms with Crippen LogP contribution in [0.25, 0.3) is 66.4 Å². The van der Waals surface area contributed by atoms with E-state index in [4.69, 9.17) is 4.42 Å². The first-order valence-corrected chi connectivity index (χ1v) is 21.3. The molecular weight excluding hydrogens is 727 g/mol. The molecule has 9 aromatic rings. The fourth-order valence-electron chi connectivity index (χ4n) is 10.5. The third kappa shape index (κ3) is 5.40. The second-order valence-corrected chi connectivity index (χ2v) is 19.0. The Labute approximate surface area is 353 Å². The molecule has 0 fully saturated rings. The lowest BCUT2D eigenvalue weighted by molar-refractivity contribution is 0.584. The molecule has 0 aliphatic heterocycles. The minimum atomic E-state index is -0.193. The van der Waals surface area contributed by atoms with Crippen molar-refractivity contribution in [1.29, 1.82) is 0 Å². The van der Waals surface area contributed by atoms with E-state index in [0.717, 1.165) is 44.4 Å². The molecule has 60 heavy (non-hydrogen) atoms. The maximum atomic E-state index is 6.34. The van der Waals surface area contributed by atoms with Crippen molar-refractivity contribution in [2.24, 2.45) is 0 Å². The van der Waals surface area contributed by atoms with Crippen molar-refractivity contribution < 1.29 is 4.42 Å². The molecule has 0 amide bonds. The van der Waals surface area contributed by atoms with Gasteiger partial charge in [0.1, 0.15) is 11.2 Å². The summed E-state index contributed by atoms with van der Waals surface area (Å²) in [6, 6.07) is 63.0. The van der Waals surface area contributed by atoms with Gasteiger partial charge in [0.15, 0.2) is 0 Å². The molecule has 0 bridgehead atoms. The lowest BCUT2D eigenvalue weighted by Gasteiger charge is -2.32. The summed E-state index contributed by atoms with van der Waals surface area (Å²) in [7, 11) is 0. The number of rotatable bonds is 5. The molecule has 0 saturated carbocycles. The summed E-state index contributed by atoms with van der Waals surface area (Å²) >= 11 is 0. The van der Waals surface area contributed by atoms with Gasteiger partial charge in [0.05, 0.1) is 5.69 Å². The summed E-state index contributed by atoms with van der Waals surface area (Å²) in [4.78, 5) is 2.47. The van der Waals surface area contributed by atoms with E-state index in [1.165, 1.54) is 66.9 Å². The zero-order valence-electron chi connectivity index (χ0n) is 35.5. The maximum Gasteiger partial charge on any atom is 0.136 e. The standard InChI is InChI=1S/C58H49NO/c1-56(2,3)39-28-31-44-47-34-37(27-32-49(47)57(4,5)50(44)35-39)36-25-29-40(30-26-36)59(51-22-13-20-45-43-17-8-10-21-48(43)58(6,7)55(45)51)41-16-12-15-38(33-41)42-19-14-24-53-54(42)46-18-9-11-23-52(46)60-53/h8-35H,1-7H3. The smallest absolute Gasteiger partial charge is 0.136 e. The highest BCUT2D eigenvalue weighted by Crippen LogP contribution is 2.55. The van der Waals surface area contributed by atoms with E-state index in [1.54, 1.807) is 0 Å². The molecule has 1 aromatic heterocycles. The van der Waals surface area contributed by atoms with Gasteiger partial charge in [-0.2, -0.15) is 0 Å². The van der Waals surface area contributed by atoms with Gasteiger partial charge in [-0.25, -0.2) is 0 Å². The van der Waals surface area contributed by atoms with Gasteiger partial charge in [-0.15, -0.1) is 0 Å². The van der Waals surface area contributed by atoms with Crippen LogP contribution in [0, 0.1) is 0 Å². The van der Waals surface area contributed by atoms with E-state index < -0.39 is 0 Å². The fourth-order valence-corrected chi connectivity index (χ4v) is 10.5. The Balaban J connectivity index is 1.05. The van der Waals surface area contributed by atoms with Crippen LogP contribution in [-0.4, -0.2) is 0 Å². The number of hydrogen-bond donors (Lipinski definition) is 0. The molecule has 1 heterocycles. The molecular formula is C58H49NO. The average Bonchev–Trinajstić information content (AvgIpc) is 3.83. The van der Waals surface area contributed by atoms with E-state index in [-0.39, 0.29) is 16.2 Å². The Hall–Kier alpha value is -6.64. The number of fused-ring (bicyclic) bond motifs is 9. The molecule has 2 nitrogen and oxygen atoms in total. The highest BCUT2D eigenvalue weighted by Gasteiger charge is 2.39. The average molecular weight is 776 g/mol. The minimum absolute atomic E-state index is 0.0526. The SMILES string of the molecule is CC(C)(C)c1ccc2c(c1)C(C)(C)c1ccc(-c3ccc(N(c4cccc(-c5cccc6oc7ccccc7c56)c4)c4cccc5c4C(C)(C)c4ccccc4-5)cc3)cc1-2. The molecule has 0 N–H and O–H groups in total. The Kier molecular flexibility index (Phi) is 7.85. The summed E-state index contributed by atoms with van der Waals surface area (Å²) in [6.07, 6.45) is 0. The minimum Gasteiger partial charge on any atom is -0.456 e. The van der Waals surface area contributed by atoms with Crippen LogP contribution in [0.1, 0.15) is 76.3 Å². The van der Waals surface area contributed by atoms with Crippen molar-refractivity contribution in [2.75, 3.05) is 4.90 Å². The van der Waals surface area contributed by atoms with E-state index in [1.807, 2.05) is 6.07 Å². The topological polar surface area (TPSA) is 16.4 Å². The molecule has 2 aliphatic carbocycles. The zero-order valence-corrected chi connectivity index (χ0v) is 35.5. The molecule has 2 aliphatic rings. The fraction of sp³-hybridized carbons (Fsp3) is 0.172. The Morgan fingerprint density at radius 2 is 1.10 bits per heavy atom. The van der Waals surface area contributed by atoms with Crippen LogP contribution in [0.5, 0.6) is 0 Å². The maximum absolute atomic E-state index is 6.34. The van der Waals surface area contributed by atoms with Gasteiger partial charge in [0.25, 0.3) is 0 Å². The van der Waals surface area contributed by atoms with Crippen LogP contribution < -0.4 is 4.90 Å². The number of anilines is 3. The van der Waals surface area contributed by atoms with Crippen LogP contribution in [0.3, 0.4) is 0 Å². The van der Waals surface area contributed by atoms with E-state index in [0.29, 0.717) is 0 Å². The Morgan fingerprint density at radius 1 is 0.433 bits per heavy atom. The second kappa shape index (κ2) is 12.9. The summed E-state index contributed by atoms with van der Waals surface area (Å²) in [6.45, 7) is 16.4. The van der Waals surface area contributed by atoms with Crippen molar-refractivity contribution in [3.63, 3.8) is 0 Å². The largest absolute Gasteiger partial charge is 0.456 e. The summed E-state index contributed by atoms with van der Waals surface area (Å²) in [5.74, 6) is 0. The van der Waals surface area contributed by atoms with Gasteiger partial charge in [-0.05, 0) is 126 Å². The van der Waals surface area contributed by atoms with Gasteiger partial charge in [-0.1, -0.05) is 170 Å². The van der Waals surface area contributed by atoms with Crippen LogP contribution in [0.15, 0.2) is 174 Å². The number of benzene rings is 8. The van der Waals surface area contributed by atoms with Gasteiger partial charge in [-0.3, -0.25) is 0 Å². The van der Waals surface area contributed by atoms with E-state index in [2.05, 4.69) is 217 Å². The predicted molar refractivity (Wildman–Crippen MR) is 253 cm³/mol. The summed E-state index contributed by atoms with van der Waals surface area (Å²) in [5, 5.41) is 2.28. The molecule has 0 unspecified atom stereocenters. The van der Waals surface area contributed by atoms with Crippen molar-refractivity contribution in [3.8, 4) is 44.5 Å². The first kappa shape index (κ1) is 36.4. The highest BCUT2D eigenvalue weighted by atomic mass is 16.3. The molecule has 8 aromatic carbocycles. The first-order chi connectivity index (χ1) is 28.9. The molecule has 2 heteroatoms. The van der Waals surface area contributed by atoms with Crippen LogP contribution in [-0.2, 0) is 16.2 Å². The number of furan rings is 1. The third-order valence-corrected chi connectivity index (χ3v) is 13.6. The number of nitrogens with zero attached hydrogens (tertiary/aromatic N) is 1. The molecule has 0 atom stereocenters. The monoisotopic (exact) mass is 775 g/mol. The normalized spacial score (nSPS) is 14.5. The summed E-state index contributed by atoms with van der Waals surface area (Å²) < 4.78 is 6.34. The second-order valence-electron chi connectivity index (χ2n) is 19.0. The van der Waals surface area contributed by atoms with Crippen LogP contribution in [0.2, 0.25) is 0 Å². The number of para-hydroxylation sites is 1. The van der Waals surface area contributed by atoms with E-state index >= 15 is 0 Å². The van der Waals surface area contributed by atoms with Gasteiger partial charge >= 0.3 is 0 Å². The molecule has 0 spiro atoms. The third-order valence-electron chi connectivity index (χ3n) is 13.6. The molecule has 11 rings (SSSR count). The van der Waals surface area contributed by atoms with Crippen LogP contribution >= 0.6 is 0 Å². The van der Waals surface area contributed by atoms with Crippen LogP contribution in [0.4, 0.5) is 17.1 Å². The lowest BCUT2D eigenvalue weighted by atomic mass is 9.79. The predicted octanol–water partition coefficient (Wildman–Crippen LogP) is 16.3. The van der Waals surface area contributed by atoms with Gasteiger partial charge in [0, 0.05) is 33.0 Å². The highest BCUT2D eigenvalue weighted by molar-refractivity contribution is 6.12. The van der Waals surface area contributed by atoms with E-state index in [9.17, 15) is 0 Å². The first-order valence-electron chi connectivity index (χ1n) is 21.3. The lowest BCUT2D eigenvalue weighted by Crippen LogP contribution is -2.20. The quantitative estimate of drug-likeness (QED) is 0.173.